The van der Waals surface area contributed by atoms with Gasteiger partial charge in [-0.1, -0.05) is 30.3 Å². The van der Waals surface area contributed by atoms with E-state index >= 15 is 0 Å². The summed E-state index contributed by atoms with van der Waals surface area (Å²) in [6.07, 6.45) is 2.31. The molecule has 0 spiro atoms. The molecule has 1 fully saturated rings. The molecule has 122 valence electrons. The fourth-order valence-corrected chi connectivity index (χ4v) is 4.05. The Hall–Kier alpha value is -1.65. The molecule has 1 aliphatic rings. The number of hydrogen-bond acceptors (Lipinski definition) is 3. The number of aryl methyl sites for hydroxylation is 1. The van der Waals surface area contributed by atoms with Gasteiger partial charge in [-0.05, 0) is 54.8 Å². The topological polar surface area (TPSA) is 32.3 Å². The monoisotopic (exact) mass is 328 g/mol. The quantitative estimate of drug-likeness (QED) is 0.877. The summed E-state index contributed by atoms with van der Waals surface area (Å²) < 4.78 is 0. The van der Waals surface area contributed by atoms with Gasteiger partial charge in [-0.2, -0.15) is 0 Å². The van der Waals surface area contributed by atoms with Crippen molar-refractivity contribution in [1.29, 1.82) is 0 Å². The van der Waals surface area contributed by atoms with E-state index in [-0.39, 0.29) is 5.91 Å². The third kappa shape index (κ3) is 4.43. The van der Waals surface area contributed by atoms with Crippen LogP contribution in [-0.2, 0) is 6.54 Å². The highest BCUT2D eigenvalue weighted by Crippen LogP contribution is 2.21. The summed E-state index contributed by atoms with van der Waals surface area (Å²) in [5.41, 5.74) is 2.46. The van der Waals surface area contributed by atoms with E-state index in [1.54, 1.807) is 0 Å². The predicted octanol–water partition coefficient (Wildman–Crippen LogP) is 3.70. The second kappa shape index (κ2) is 7.75. The van der Waals surface area contributed by atoms with Crippen LogP contribution in [0.4, 0.5) is 0 Å². The summed E-state index contributed by atoms with van der Waals surface area (Å²) in [7, 11) is 0. The Kier molecular flexibility index (Phi) is 5.47. The van der Waals surface area contributed by atoms with E-state index in [4.69, 9.17) is 0 Å². The van der Waals surface area contributed by atoms with Gasteiger partial charge in [0.15, 0.2) is 0 Å². The van der Waals surface area contributed by atoms with Gasteiger partial charge >= 0.3 is 0 Å². The van der Waals surface area contributed by atoms with Crippen molar-refractivity contribution < 1.29 is 4.79 Å². The average molecular weight is 328 g/mol. The van der Waals surface area contributed by atoms with Crippen molar-refractivity contribution >= 4 is 17.2 Å². The molecular weight excluding hydrogens is 304 g/mol. The molecule has 0 aliphatic carbocycles. The molecule has 3 rings (SSSR count). The van der Waals surface area contributed by atoms with Crippen LogP contribution in [0.2, 0.25) is 0 Å². The first-order valence-electron chi connectivity index (χ1n) is 8.31. The van der Waals surface area contributed by atoms with Crippen molar-refractivity contribution in [2.75, 3.05) is 19.6 Å². The number of hydrogen-bond donors (Lipinski definition) is 1. The lowest BCUT2D eigenvalue weighted by atomic mass is 10.1. The zero-order chi connectivity index (χ0) is 16.1. The zero-order valence-electron chi connectivity index (χ0n) is 13.6. The molecule has 23 heavy (non-hydrogen) atoms. The zero-order valence-corrected chi connectivity index (χ0v) is 14.4. The van der Waals surface area contributed by atoms with Gasteiger partial charge in [-0.15, -0.1) is 11.3 Å². The number of benzene rings is 1. The molecule has 1 saturated heterocycles. The number of amides is 1. The highest BCUT2D eigenvalue weighted by molar-refractivity contribution is 7.12. The molecule has 3 nitrogen and oxygen atoms in total. The molecule has 1 aromatic carbocycles. The Bertz CT molecular complexity index is 638. The summed E-state index contributed by atoms with van der Waals surface area (Å²) in [6, 6.07) is 12.6. The molecule has 0 radical (unpaired) electrons. The molecule has 4 heteroatoms. The maximum Gasteiger partial charge on any atom is 0.261 e. The van der Waals surface area contributed by atoms with E-state index in [2.05, 4.69) is 40.5 Å². The Morgan fingerprint density at radius 1 is 1.30 bits per heavy atom. The van der Waals surface area contributed by atoms with E-state index < -0.39 is 0 Å². The minimum Gasteiger partial charge on any atom is -0.351 e. The van der Waals surface area contributed by atoms with Crippen LogP contribution in [0.15, 0.2) is 41.8 Å². The SMILES string of the molecule is Cc1ccsc1C(=O)NCCC1CCN(Cc2ccccc2)C1. The maximum absolute atomic E-state index is 12.1. The number of carbonyl (C=O) groups is 1. The number of carbonyl (C=O) groups excluding carboxylic acids is 1. The Morgan fingerprint density at radius 3 is 2.87 bits per heavy atom. The van der Waals surface area contributed by atoms with Crippen LogP contribution in [0.3, 0.4) is 0 Å². The molecule has 0 bridgehead atoms. The number of thiophene rings is 1. The van der Waals surface area contributed by atoms with Crippen molar-refractivity contribution in [2.45, 2.75) is 26.3 Å². The third-order valence-electron chi connectivity index (χ3n) is 4.53. The second-order valence-electron chi connectivity index (χ2n) is 6.35. The number of nitrogens with one attached hydrogen (secondary N) is 1. The standard InChI is InChI=1S/C19H24N2OS/c1-15-9-12-23-18(15)19(22)20-10-7-17-8-11-21(14-17)13-16-5-3-2-4-6-16/h2-6,9,12,17H,7-8,10-11,13-14H2,1H3,(H,20,22). The second-order valence-corrected chi connectivity index (χ2v) is 7.27. The Balaban J connectivity index is 1.39. The summed E-state index contributed by atoms with van der Waals surface area (Å²) in [4.78, 5) is 15.5. The van der Waals surface area contributed by atoms with Gasteiger partial charge in [-0.3, -0.25) is 9.69 Å². The molecule has 2 aromatic rings. The van der Waals surface area contributed by atoms with Crippen LogP contribution in [0.5, 0.6) is 0 Å². The smallest absolute Gasteiger partial charge is 0.261 e. The maximum atomic E-state index is 12.1. The fourth-order valence-electron chi connectivity index (χ4n) is 3.21. The minimum atomic E-state index is 0.0802. The largest absolute Gasteiger partial charge is 0.351 e. The fraction of sp³-hybridized carbons (Fsp3) is 0.421. The molecule has 1 amide bonds. The van der Waals surface area contributed by atoms with Gasteiger partial charge in [0.1, 0.15) is 0 Å². The molecule has 0 saturated carbocycles. The van der Waals surface area contributed by atoms with Crippen LogP contribution in [0.1, 0.15) is 33.6 Å². The third-order valence-corrected chi connectivity index (χ3v) is 5.54. The first kappa shape index (κ1) is 16.2. The summed E-state index contributed by atoms with van der Waals surface area (Å²) >= 11 is 1.52. The van der Waals surface area contributed by atoms with Gasteiger partial charge < -0.3 is 5.32 Å². The van der Waals surface area contributed by atoms with Gasteiger partial charge in [0.05, 0.1) is 4.88 Å². The molecule has 2 heterocycles. The van der Waals surface area contributed by atoms with Crippen LogP contribution in [-0.4, -0.2) is 30.4 Å². The summed E-state index contributed by atoms with van der Waals surface area (Å²) in [6.45, 7) is 6.11. The van der Waals surface area contributed by atoms with Crippen molar-refractivity contribution in [2.24, 2.45) is 5.92 Å². The lowest BCUT2D eigenvalue weighted by Crippen LogP contribution is -2.26. The highest BCUT2D eigenvalue weighted by Gasteiger charge is 2.22. The Morgan fingerprint density at radius 2 is 2.13 bits per heavy atom. The van der Waals surface area contributed by atoms with Crippen LogP contribution in [0.25, 0.3) is 0 Å². The van der Waals surface area contributed by atoms with Crippen LogP contribution >= 0.6 is 11.3 Å². The molecule has 1 aromatic heterocycles. The van der Waals surface area contributed by atoms with Gasteiger partial charge in [0.2, 0.25) is 0 Å². The average Bonchev–Trinajstić information content (AvgIpc) is 3.17. The lowest BCUT2D eigenvalue weighted by molar-refractivity contribution is 0.0955. The predicted molar refractivity (Wildman–Crippen MR) is 95.8 cm³/mol. The summed E-state index contributed by atoms with van der Waals surface area (Å²) in [5, 5.41) is 5.05. The molecule has 1 N–H and O–H groups in total. The first-order chi connectivity index (χ1) is 11.2. The van der Waals surface area contributed by atoms with Crippen LogP contribution in [0, 0.1) is 12.8 Å². The number of nitrogens with zero attached hydrogens (tertiary/aromatic N) is 1. The van der Waals surface area contributed by atoms with Gasteiger partial charge in [-0.25, -0.2) is 0 Å². The Labute approximate surface area is 142 Å². The van der Waals surface area contributed by atoms with Gasteiger partial charge in [0.25, 0.3) is 5.91 Å². The van der Waals surface area contributed by atoms with E-state index in [0.29, 0.717) is 5.92 Å². The molecular formula is C19H24N2OS. The minimum absolute atomic E-state index is 0.0802. The van der Waals surface area contributed by atoms with Crippen molar-refractivity contribution in [3.05, 3.63) is 57.8 Å². The van der Waals surface area contributed by atoms with E-state index in [0.717, 1.165) is 43.0 Å². The van der Waals surface area contributed by atoms with Crippen molar-refractivity contribution in [3.63, 3.8) is 0 Å². The molecule has 1 unspecified atom stereocenters. The van der Waals surface area contributed by atoms with E-state index in [1.807, 2.05) is 18.4 Å². The summed E-state index contributed by atoms with van der Waals surface area (Å²) in [5.74, 6) is 0.778. The number of rotatable bonds is 6. The normalized spacial score (nSPS) is 18.2. The van der Waals surface area contributed by atoms with E-state index in [1.165, 1.54) is 23.3 Å². The lowest BCUT2D eigenvalue weighted by Gasteiger charge is -2.16. The van der Waals surface area contributed by atoms with E-state index in [9.17, 15) is 4.79 Å². The number of likely N-dealkylation sites (tertiary alicyclic amines) is 1. The van der Waals surface area contributed by atoms with Crippen molar-refractivity contribution in [3.8, 4) is 0 Å². The first-order valence-corrected chi connectivity index (χ1v) is 9.19. The molecule has 1 aliphatic heterocycles. The molecule has 1 atom stereocenters. The van der Waals surface area contributed by atoms with Crippen LogP contribution < -0.4 is 5.32 Å². The van der Waals surface area contributed by atoms with Crippen molar-refractivity contribution in [1.82, 2.24) is 10.2 Å². The highest BCUT2D eigenvalue weighted by atomic mass is 32.1. The van der Waals surface area contributed by atoms with Gasteiger partial charge in [0, 0.05) is 19.6 Å².